The molecule has 1 spiro atoms. The molecule has 0 bridgehead atoms. The Balaban J connectivity index is 1.38. The molecule has 23 heavy (non-hydrogen) atoms. The van der Waals surface area contributed by atoms with Crippen LogP contribution in [-0.2, 0) is 11.3 Å². The molecule has 4 heteroatoms. The van der Waals surface area contributed by atoms with Crippen LogP contribution in [0.4, 0.5) is 0 Å². The molecule has 1 aromatic heterocycles. The highest BCUT2D eigenvalue weighted by molar-refractivity contribution is 5.03. The second kappa shape index (κ2) is 6.58. The summed E-state index contributed by atoms with van der Waals surface area (Å²) in [6.07, 6.45) is 7.38. The lowest BCUT2D eigenvalue weighted by molar-refractivity contribution is 0.0360. The highest BCUT2D eigenvalue weighted by Crippen LogP contribution is 2.45. The summed E-state index contributed by atoms with van der Waals surface area (Å²) in [6.45, 7) is 8.12. The molecule has 3 aliphatic rings. The van der Waals surface area contributed by atoms with E-state index < -0.39 is 0 Å². The average Bonchev–Trinajstić information content (AvgIpc) is 3.10. The van der Waals surface area contributed by atoms with Gasteiger partial charge in [0.25, 0.3) is 0 Å². The van der Waals surface area contributed by atoms with Crippen LogP contribution in [0, 0.1) is 17.3 Å². The third-order valence-electron chi connectivity index (χ3n) is 6.28. The Morgan fingerprint density at radius 3 is 2.74 bits per heavy atom. The van der Waals surface area contributed by atoms with Crippen LogP contribution in [0.15, 0.2) is 22.8 Å². The molecular weight excluding hydrogens is 288 g/mol. The van der Waals surface area contributed by atoms with Crippen molar-refractivity contribution in [1.82, 2.24) is 9.80 Å². The summed E-state index contributed by atoms with van der Waals surface area (Å²) < 4.78 is 11.1. The number of likely N-dealkylation sites (tertiary alicyclic amines) is 2. The molecule has 3 heterocycles. The third kappa shape index (κ3) is 3.49. The lowest BCUT2D eigenvalue weighted by Gasteiger charge is -2.42. The summed E-state index contributed by atoms with van der Waals surface area (Å²) in [5.41, 5.74) is 0.461. The van der Waals surface area contributed by atoms with Gasteiger partial charge < -0.3 is 14.1 Å². The summed E-state index contributed by atoms with van der Waals surface area (Å²) in [4.78, 5) is 5.29. The van der Waals surface area contributed by atoms with Gasteiger partial charge in [-0.15, -0.1) is 0 Å². The zero-order valence-electron chi connectivity index (χ0n) is 14.4. The highest BCUT2D eigenvalue weighted by Gasteiger charge is 2.48. The molecular formula is C19H30N2O2. The van der Waals surface area contributed by atoms with E-state index in [1.165, 1.54) is 51.9 Å². The maximum atomic E-state index is 5.57. The van der Waals surface area contributed by atoms with Gasteiger partial charge in [0.1, 0.15) is 5.76 Å². The Bertz CT molecular complexity index is 489. The summed E-state index contributed by atoms with van der Waals surface area (Å²) in [6, 6.07) is 4.08. The molecule has 1 aliphatic carbocycles. The number of methoxy groups -OCH3 is 1. The summed E-state index contributed by atoms with van der Waals surface area (Å²) in [5.74, 6) is 2.77. The molecule has 1 aromatic rings. The molecule has 4 nitrogen and oxygen atoms in total. The lowest BCUT2D eigenvalue weighted by atomic mass is 9.71. The smallest absolute Gasteiger partial charge is 0.117 e. The quantitative estimate of drug-likeness (QED) is 0.806. The number of furan rings is 1. The fourth-order valence-electron chi connectivity index (χ4n) is 4.73. The monoisotopic (exact) mass is 318 g/mol. The van der Waals surface area contributed by atoms with Gasteiger partial charge in [0, 0.05) is 32.7 Å². The molecule has 2 aliphatic heterocycles. The van der Waals surface area contributed by atoms with Crippen LogP contribution in [0.1, 0.15) is 31.4 Å². The van der Waals surface area contributed by atoms with Crippen molar-refractivity contribution in [2.75, 3.05) is 46.4 Å². The van der Waals surface area contributed by atoms with E-state index in [0.717, 1.165) is 31.4 Å². The molecule has 1 saturated carbocycles. The van der Waals surface area contributed by atoms with Gasteiger partial charge in [-0.3, -0.25) is 4.90 Å². The molecule has 0 amide bonds. The van der Waals surface area contributed by atoms with Crippen molar-refractivity contribution in [1.29, 1.82) is 0 Å². The van der Waals surface area contributed by atoms with Crippen molar-refractivity contribution in [3.8, 4) is 0 Å². The number of nitrogens with zero attached hydrogens (tertiary/aromatic N) is 2. The Morgan fingerprint density at radius 1 is 1.26 bits per heavy atom. The zero-order valence-corrected chi connectivity index (χ0v) is 14.4. The maximum Gasteiger partial charge on any atom is 0.117 e. The highest BCUT2D eigenvalue weighted by atomic mass is 16.5. The van der Waals surface area contributed by atoms with Gasteiger partial charge in [0.05, 0.1) is 19.4 Å². The van der Waals surface area contributed by atoms with Crippen molar-refractivity contribution < 1.29 is 9.15 Å². The average molecular weight is 318 g/mol. The third-order valence-corrected chi connectivity index (χ3v) is 6.28. The fraction of sp³-hybridized carbons (Fsp3) is 0.789. The van der Waals surface area contributed by atoms with Crippen LogP contribution in [0.25, 0.3) is 0 Å². The Morgan fingerprint density at radius 2 is 2.09 bits per heavy atom. The largest absolute Gasteiger partial charge is 0.468 e. The number of piperidine rings is 1. The van der Waals surface area contributed by atoms with Gasteiger partial charge in [-0.05, 0) is 62.2 Å². The molecule has 0 aromatic carbocycles. The first kappa shape index (κ1) is 15.7. The molecule has 2 saturated heterocycles. The van der Waals surface area contributed by atoms with Crippen LogP contribution < -0.4 is 0 Å². The second-order valence-electron chi connectivity index (χ2n) is 8.01. The molecule has 1 atom stereocenters. The van der Waals surface area contributed by atoms with Crippen molar-refractivity contribution in [2.24, 2.45) is 17.3 Å². The first-order chi connectivity index (χ1) is 11.3. The van der Waals surface area contributed by atoms with Crippen LogP contribution in [0.3, 0.4) is 0 Å². The Labute approximate surface area is 139 Å². The van der Waals surface area contributed by atoms with Crippen LogP contribution >= 0.6 is 0 Å². The molecule has 4 rings (SSSR count). The minimum absolute atomic E-state index is 0.461. The van der Waals surface area contributed by atoms with E-state index in [-0.39, 0.29) is 0 Å². The number of ether oxygens (including phenoxy) is 1. The van der Waals surface area contributed by atoms with Gasteiger partial charge in [-0.1, -0.05) is 0 Å². The SMILES string of the molecule is COC[C@@H]1CN(Cc2ccco2)CC12CCN(CC1CC1)CC2. The van der Waals surface area contributed by atoms with E-state index in [2.05, 4.69) is 15.9 Å². The van der Waals surface area contributed by atoms with E-state index in [1.807, 2.05) is 13.2 Å². The topological polar surface area (TPSA) is 28.9 Å². The standard InChI is InChI=1S/C19H30N2O2/c1-22-14-17-12-21(13-18-3-2-10-23-18)15-19(17)6-8-20(9-7-19)11-16-4-5-16/h2-3,10,16-17H,4-9,11-15H2,1H3/t17-/m0/s1. The minimum atomic E-state index is 0.461. The summed E-state index contributed by atoms with van der Waals surface area (Å²) in [5, 5.41) is 0. The summed E-state index contributed by atoms with van der Waals surface area (Å²) >= 11 is 0. The van der Waals surface area contributed by atoms with E-state index in [1.54, 1.807) is 6.26 Å². The van der Waals surface area contributed by atoms with Gasteiger partial charge in [-0.25, -0.2) is 0 Å². The van der Waals surface area contributed by atoms with Crippen molar-refractivity contribution in [3.63, 3.8) is 0 Å². The molecule has 128 valence electrons. The second-order valence-corrected chi connectivity index (χ2v) is 8.01. The normalized spacial score (nSPS) is 28.7. The Hall–Kier alpha value is -0.840. The van der Waals surface area contributed by atoms with Crippen LogP contribution in [0.5, 0.6) is 0 Å². The number of hydrogen-bond donors (Lipinski definition) is 0. The fourth-order valence-corrected chi connectivity index (χ4v) is 4.73. The van der Waals surface area contributed by atoms with Crippen LogP contribution in [-0.4, -0.2) is 56.2 Å². The minimum Gasteiger partial charge on any atom is -0.468 e. The van der Waals surface area contributed by atoms with Crippen molar-refractivity contribution >= 4 is 0 Å². The first-order valence-corrected chi connectivity index (χ1v) is 9.23. The van der Waals surface area contributed by atoms with Crippen molar-refractivity contribution in [3.05, 3.63) is 24.2 Å². The van der Waals surface area contributed by atoms with Crippen LogP contribution in [0.2, 0.25) is 0 Å². The van der Waals surface area contributed by atoms with E-state index >= 15 is 0 Å². The summed E-state index contributed by atoms with van der Waals surface area (Å²) in [7, 11) is 1.85. The van der Waals surface area contributed by atoms with Gasteiger partial charge in [0.15, 0.2) is 0 Å². The van der Waals surface area contributed by atoms with Gasteiger partial charge in [-0.2, -0.15) is 0 Å². The lowest BCUT2D eigenvalue weighted by Crippen LogP contribution is -2.45. The van der Waals surface area contributed by atoms with Crippen molar-refractivity contribution in [2.45, 2.75) is 32.2 Å². The van der Waals surface area contributed by atoms with E-state index in [0.29, 0.717) is 11.3 Å². The molecule has 0 unspecified atom stereocenters. The molecule has 3 fully saturated rings. The zero-order chi connectivity index (χ0) is 15.7. The van der Waals surface area contributed by atoms with Gasteiger partial charge >= 0.3 is 0 Å². The predicted octanol–water partition coefficient (Wildman–Crippen LogP) is 2.85. The first-order valence-electron chi connectivity index (χ1n) is 9.23. The molecule has 0 radical (unpaired) electrons. The van der Waals surface area contributed by atoms with Gasteiger partial charge in [0.2, 0.25) is 0 Å². The van der Waals surface area contributed by atoms with E-state index in [9.17, 15) is 0 Å². The van der Waals surface area contributed by atoms with E-state index in [4.69, 9.17) is 9.15 Å². The molecule has 0 N–H and O–H groups in total. The number of rotatable bonds is 6. The Kier molecular flexibility index (Phi) is 4.48. The predicted molar refractivity (Wildman–Crippen MR) is 90.2 cm³/mol. The maximum absolute atomic E-state index is 5.57. The number of hydrogen-bond acceptors (Lipinski definition) is 4.